The summed E-state index contributed by atoms with van der Waals surface area (Å²) in [4.78, 5) is 67.6. The van der Waals surface area contributed by atoms with E-state index in [1.807, 2.05) is 46.8 Å². The van der Waals surface area contributed by atoms with E-state index in [4.69, 9.17) is 10.5 Å². The van der Waals surface area contributed by atoms with Gasteiger partial charge in [0.2, 0.25) is 17.6 Å². The normalized spacial score (nSPS) is 20.9. The van der Waals surface area contributed by atoms with E-state index < -0.39 is 41.8 Å². The van der Waals surface area contributed by atoms with Crippen molar-refractivity contribution in [2.75, 3.05) is 13.2 Å². The fourth-order valence-corrected chi connectivity index (χ4v) is 7.35. The first kappa shape index (κ1) is 39.7. The van der Waals surface area contributed by atoms with Crippen molar-refractivity contribution >= 4 is 29.6 Å². The number of benzene rings is 1. The van der Waals surface area contributed by atoms with Gasteiger partial charge in [0.1, 0.15) is 18.7 Å². The average molecular weight is 709 g/mol. The SMILES string of the molecule is C=C(NC(COC(=O)NC(C)C)C(C)(C)C)N[C@H](C(=O)N1C[C@H](C(C)C)C[C@H]1C(=O)NC(CC1CCC1)C(=O)C(N)=O)C1Cc2ccccc2C1. The van der Waals surface area contributed by atoms with Gasteiger partial charge in [-0.2, -0.15) is 0 Å². The molecule has 4 rings (SSSR count). The van der Waals surface area contributed by atoms with Gasteiger partial charge in [-0.25, -0.2) is 4.79 Å². The molecular formula is C39H60N6O6. The molecule has 51 heavy (non-hydrogen) atoms. The van der Waals surface area contributed by atoms with Gasteiger partial charge < -0.3 is 36.6 Å². The van der Waals surface area contributed by atoms with Crippen molar-refractivity contribution in [2.45, 2.75) is 124 Å². The van der Waals surface area contributed by atoms with Crippen LogP contribution < -0.4 is 27.0 Å². The number of alkyl carbamates (subject to hydrolysis) is 1. The van der Waals surface area contributed by atoms with Crippen LogP contribution in [0, 0.1) is 29.1 Å². The van der Waals surface area contributed by atoms with E-state index in [1.165, 1.54) is 11.1 Å². The van der Waals surface area contributed by atoms with Crippen molar-refractivity contribution in [3.63, 3.8) is 0 Å². The van der Waals surface area contributed by atoms with Gasteiger partial charge in [0, 0.05) is 12.6 Å². The largest absolute Gasteiger partial charge is 0.447 e. The molecule has 282 valence electrons. The third-order valence-corrected chi connectivity index (χ3v) is 10.9. The fraction of sp³-hybridized carbons (Fsp3) is 0.667. The van der Waals surface area contributed by atoms with E-state index in [0.717, 1.165) is 19.3 Å². The average Bonchev–Trinajstić information content (AvgIpc) is 3.67. The summed E-state index contributed by atoms with van der Waals surface area (Å²) in [5.74, 6) is -1.77. The molecule has 0 radical (unpaired) electrons. The molecule has 6 N–H and O–H groups in total. The maximum atomic E-state index is 14.9. The number of ketones is 1. The standard InChI is InChI=1S/C39H60N6O6/c1-22(2)29-19-31(36(48)44-30(34(46)35(40)47)16-25-12-11-13-25)45(20-29)37(49)33(28-17-26-14-9-10-15-27(26)18-28)43-24(5)42-32(39(6,7)8)21-51-38(50)41-23(3)4/h9-10,14-15,22-23,25,28-33,42-43H,5,11-13,16-21H2,1-4,6-8H3,(H2,40,47)(H,41,50)(H,44,48)/t29-,30?,31+,32?,33+/m1/s1. The lowest BCUT2D eigenvalue weighted by molar-refractivity contribution is -0.143. The number of fused-ring (bicyclic) bond motifs is 1. The molecular weight excluding hydrogens is 648 g/mol. The molecule has 1 aromatic rings. The summed E-state index contributed by atoms with van der Waals surface area (Å²) in [5.41, 5.74) is 7.41. The lowest BCUT2D eigenvalue weighted by Gasteiger charge is -2.36. The fourth-order valence-electron chi connectivity index (χ4n) is 7.35. The first-order chi connectivity index (χ1) is 23.9. The number of rotatable bonds is 16. The third kappa shape index (κ3) is 10.5. The molecule has 1 aromatic carbocycles. The number of amides is 4. The number of nitrogens with one attached hydrogen (secondary N) is 4. The Morgan fingerprint density at radius 3 is 2.08 bits per heavy atom. The molecule has 1 aliphatic heterocycles. The molecule has 2 fully saturated rings. The van der Waals surface area contributed by atoms with Gasteiger partial charge in [-0.05, 0) is 79.7 Å². The highest BCUT2D eigenvalue weighted by Gasteiger charge is 2.46. The number of carbonyl (C=O) groups is 5. The maximum Gasteiger partial charge on any atom is 0.407 e. The summed E-state index contributed by atoms with van der Waals surface area (Å²) in [5, 5.41) is 12.4. The van der Waals surface area contributed by atoms with Crippen LogP contribution in [0.4, 0.5) is 4.79 Å². The molecule has 2 aliphatic carbocycles. The van der Waals surface area contributed by atoms with E-state index in [2.05, 4.69) is 53.8 Å². The smallest absolute Gasteiger partial charge is 0.407 e. The molecule has 12 heteroatoms. The van der Waals surface area contributed by atoms with Gasteiger partial charge in [-0.3, -0.25) is 19.2 Å². The van der Waals surface area contributed by atoms with Crippen LogP contribution in [0.1, 0.15) is 91.7 Å². The van der Waals surface area contributed by atoms with Crippen LogP contribution in [-0.4, -0.2) is 77.9 Å². The zero-order chi connectivity index (χ0) is 37.6. The third-order valence-electron chi connectivity index (χ3n) is 10.9. The van der Waals surface area contributed by atoms with Crippen LogP contribution in [0.25, 0.3) is 0 Å². The zero-order valence-corrected chi connectivity index (χ0v) is 31.6. The van der Waals surface area contributed by atoms with Gasteiger partial charge in [0.15, 0.2) is 0 Å². The van der Waals surface area contributed by atoms with Gasteiger partial charge in [-0.15, -0.1) is 0 Å². The van der Waals surface area contributed by atoms with E-state index in [9.17, 15) is 24.0 Å². The highest BCUT2D eigenvalue weighted by atomic mass is 16.5. The number of hydrogen-bond donors (Lipinski definition) is 5. The van der Waals surface area contributed by atoms with Crippen molar-refractivity contribution in [3.8, 4) is 0 Å². The Bertz CT molecular complexity index is 1420. The quantitative estimate of drug-likeness (QED) is 0.162. The Balaban J connectivity index is 1.58. The van der Waals surface area contributed by atoms with Crippen LogP contribution in [0.5, 0.6) is 0 Å². The minimum atomic E-state index is -1.07. The highest BCUT2D eigenvalue weighted by molar-refractivity contribution is 6.37. The number of carbonyl (C=O) groups excluding carboxylic acids is 5. The summed E-state index contributed by atoms with van der Waals surface area (Å²) < 4.78 is 5.54. The number of likely N-dealkylation sites (tertiary alicyclic amines) is 1. The van der Waals surface area contributed by atoms with Crippen molar-refractivity contribution in [1.82, 2.24) is 26.2 Å². The van der Waals surface area contributed by atoms with E-state index in [-0.39, 0.29) is 53.7 Å². The van der Waals surface area contributed by atoms with E-state index in [1.54, 1.807) is 4.90 Å². The minimum absolute atomic E-state index is 0.0591. The Morgan fingerprint density at radius 1 is 0.941 bits per heavy atom. The number of ether oxygens (including phenoxy) is 1. The molecule has 0 aromatic heterocycles. The predicted octanol–water partition coefficient (Wildman–Crippen LogP) is 3.57. The molecule has 3 aliphatic rings. The highest BCUT2D eigenvalue weighted by Crippen LogP contribution is 2.35. The molecule has 0 bridgehead atoms. The lowest BCUT2D eigenvalue weighted by Crippen LogP contribution is -2.58. The van der Waals surface area contributed by atoms with Crippen molar-refractivity contribution in [2.24, 2.45) is 34.8 Å². The van der Waals surface area contributed by atoms with Crippen LogP contribution >= 0.6 is 0 Å². The van der Waals surface area contributed by atoms with Crippen molar-refractivity contribution in [1.29, 1.82) is 0 Å². The first-order valence-corrected chi connectivity index (χ1v) is 18.6. The number of nitrogens with two attached hydrogens (primary N) is 1. The van der Waals surface area contributed by atoms with E-state index >= 15 is 0 Å². The molecule has 2 unspecified atom stereocenters. The summed E-state index contributed by atoms with van der Waals surface area (Å²) in [7, 11) is 0. The Hall–Kier alpha value is -4.09. The number of nitrogens with zero attached hydrogens (tertiary/aromatic N) is 1. The summed E-state index contributed by atoms with van der Waals surface area (Å²) in [6.07, 6.45) is 4.54. The van der Waals surface area contributed by atoms with Crippen molar-refractivity contribution < 1.29 is 28.7 Å². The Morgan fingerprint density at radius 2 is 1.57 bits per heavy atom. The molecule has 1 saturated heterocycles. The van der Waals surface area contributed by atoms with Crippen LogP contribution in [0.15, 0.2) is 36.7 Å². The Kier molecular flexibility index (Phi) is 13.2. The Labute approximate surface area is 303 Å². The topological polar surface area (TPSA) is 172 Å². The van der Waals surface area contributed by atoms with Gasteiger partial charge in [-0.1, -0.05) is 84.7 Å². The maximum absolute atomic E-state index is 14.9. The second-order valence-electron chi connectivity index (χ2n) is 16.6. The van der Waals surface area contributed by atoms with Gasteiger partial charge in [0.05, 0.1) is 17.9 Å². The number of Topliss-reactive ketones (excluding diaryl/α,β-unsaturated/α-hetero) is 1. The zero-order valence-electron chi connectivity index (χ0n) is 31.6. The monoisotopic (exact) mass is 708 g/mol. The molecule has 5 atom stereocenters. The molecule has 1 saturated carbocycles. The predicted molar refractivity (Wildman–Crippen MR) is 196 cm³/mol. The van der Waals surface area contributed by atoms with E-state index in [0.29, 0.717) is 38.0 Å². The second kappa shape index (κ2) is 17.0. The number of hydrogen-bond acceptors (Lipinski definition) is 8. The van der Waals surface area contributed by atoms with Crippen molar-refractivity contribution in [3.05, 3.63) is 47.8 Å². The number of primary amides is 1. The second-order valence-corrected chi connectivity index (χ2v) is 16.6. The van der Waals surface area contributed by atoms with Gasteiger partial charge >= 0.3 is 6.09 Å². The first-order valence-electron chi connectivity index (χ1n) is 18.6. The summed E-state index contributed by atoms with van der Waals surface area (Å²) in [6, 6.07) is 5.18. The summed E-state index contributed by atoms with van der Waals surface area (Å²) in [6.45, 7) is 18.7. The van der Waals surface area contributed by atoms with Crippen LogP contribution in [-0.2, 0) is 36.8 Å². The minimum Gasteiger partial charge on any atom is -0.447 e. The lowest BCUT2D eigenvalue weighted by atomic mass is 9.80. The van der Waals surface area contributed by atoms with Gasteiger partial charge in [0.25, 0.3) is 5.91 Å². The molecule has 1 heterocycles. The van der Waals surface area contributed by atoms with Crippen LogP contribution in [0.3, 0.4) is 0 Å². The molecule has 0 spiro atoms. The van der Waals surface area contributed by atoms with Crippen LogP contribution in [0.2, 0.25) is 0 Å². The molecule has 12 nitrogen and oxygen atoms in total. The summed E-state index contributed by atoms with van der Waals surface area (Å²) >= 11 is 0. The molecule has 4 amide bonds.